The van der Waals surface area contributed by atoms with Crippen LogP contribution in [0.1, 0.15) is 27.2 Å². The van der Waals surface area contributed by atoms with Crippen molar-refractivity contribution in [3.63, 3.8) is 0 Å². The summed E-state index contributed by atoms with van der Waals surface area (Å²) in [5.41, 5.74) is -1.06. The van der Waals surface area contributed by atoms with Crippen LogP contribution in [0.5, 0.6) is 0 Å². The van der Waals surface area contributed by atoms with E-state index in [-0.39, 0.29) is 28.1 Å². The average molecular weight is 569 g/mol. The number of benzene rings is 2. The van der Waals surface area contributed by atoms with E-state index in [1.54, 1.807) is 38.4 Å². The summed E-state index contributed by atoms with van der Waals surface area (Å²) in [7, 11) is -1.36. The van der Waals surface area contributed by atoms with Gasteiger partial charge in [0.1, 0.15) is 11.4 Å². The maximum absolute atomic E-state index is 13.6. The van der Waals surface area contributed by atoms with E-state index in [2.05, 4.69) is 21.0 Å². The zero-order valence-corrected chi connectivity index (χ0v) is 22.1. The lowest BCUT2D eigenvalue weighted by Crippen LogP contribution is -2.31. The summed E-state index contributed by atoms with van der Waals surface area (Å²) in [6.07, 6.45) is -0.189. The van der Waals surface area contributed by atoms with Crippen LogP contribution < -0.4 is 15.5 Å². The zero-order valence-electron chi connectivity index (χ0n) is 21.3. The van der Waals surface area contributed by atoms with E-state index in [1.807, 2.05) is 0 Å². The van der Waals surface area contributed by atoms with Gasteiger partial charge in [-0.2, -0.15) is 23.5 Å². The Balaban J connectivity index is 1.74. The van der Waals surface area contributed by atoms with Gasteiger partial charge in [-0.1, -0.05) is 24.3 Å². The number of hydrogen-bond acceptors (Lipinski definition) is 5. The van der Waals surface area contributed by atoms with Gasteiger partial charge in [-0.3, -0.25) is 14.3 Å². The molecule has 0 fully saturated rings. The minimum Gasteiger partial charge on any atom is -0.348 e. The highest BCUT2D eigenvalue weighted by atomic mass is 32.2. The topological polar surface area (TPSA) is 122 Å². The molecule has 0 spiro atoms. The summed E-state index contributed by atoms with van der Waals surface area (Å²) < 4.78 is 57.9. The molecule has 1 unspecified atom stereocenters. The van der Waals surface area contributed by atoms with Gasteiger partial charge in [0.05, 0.1) is 26.4 Å². The molecule has 2 N–H and O–H groups in total. The lowest BCUT2D eigenvalue weighted by molar-refractivity contribution is -0.137. The normalized spacial score (nSPS) is 12.8. The molecule has 0 saturated carbocycles. The molecule has 9 nitrogen and oxygen atoms in total. The molecular formula is C27H23F3N6O3S. The molecule has 0 radical (unpaired) electrons. The fourth-order valence-corrected chi connectivity index (χ4v) is 4.98. The van der Waals surface area contributed by atoms with Gasteiger partial charge in [0.25, 0.3) is 5.91 Å². The van der Waals surface area contributed by atoms with Crippen molar-refractivity contribution in [3.05, 3.63) is 99.6 Å². The second-order valence-electron chi connectivity index (χ2n) is 8.81. The second kappa shape index (κ2) is 10.7. The van der Waals surface area contributed by atoms with Crippen molar-refractivity contribution in [2.45, 2.75) is 24.5 Å². The largest absolute Gasteiger partial charge is 0.416 e. The number of carbonyl (C=O) groups excluding carboxylic acids is 1. The van der Waals surface area contributed by atoms with E-state index >= 15 is 0 Å². The zero-order chi connectivity index (χ0) is 29.2. The Morgan fingerprint density at radius 3 is 2.48 bits per heavy atom. The lowest BCUT2D eigenvalue weighted by atomic mass is 9.99. The van der Waals surface area contributed by atoms with E-state index < -0.39 is 32.8 Å². The molecular weight excluding hydrogens is 545 g/mol. The van der Waals surface area contributed by atoms with Crippen molar-refractivity contribution in [2.75, 3.05) is 0 Å². The molecule has 0 aliphatic rings. The predicted octanol–water partition coefficient (Wildman–Crippen LogP) is 3.56. The van der Waals surface area contributed by atoms with E-state index in [1.165, 1.54) is 45.9 Å². The van der Waals surface area contributed by atoms with Crippen LogP contribution in [-0.4, -0.2) is 30.3 Å². The van der Waals surface area contributed by atoms with Gasteiger partial charge in [0, 0.05) is 37.1 Å². The molecule has 0 aliphatic carbocycles. The summed E-state index contributed by atoms with van der Waals surface area (Å²) in [6, 6.07) is 12.2. The van der Waals surface area contributed by atoms with Crippen LogP contribution in [0.3, 0.4) is 0 Å². The van der Waals surface area contributed by atoms with E-state index in [9.17, 15) is 27.0 Å². The Hall–Kier alpha value is -4.83. The number of alkyl halides is 3. The van der Waals surface area contributed by atoms with Crippen LogP contribution >= 0.6 is 0 Å². The molecule has 0 bridgehead atoms. The quantitative estimate of drug-likeness (QED) is 0.201. The fraction of sp³-hybridized carbons (Fsp3) is 0.148. The number of aryl methyl sites for hydroxylation is 1. The number of pyridine rings is 1. The van der Waals surface area contributed by atoms with Gasteiger partial charge >= 0.3 is 6.18 Å². The van der Waals surface area contributed by atoms with Gasteiger partial charge in [0.15, 0.2) is 6.19 Å². The van der Waals surface area contributed by atoms with Crippen molar-refractivity contribution in [1.82, 2.24) is 24.4 Å². The van der Waals surface area contributed by atoms with Crippen LogP contribution in [0.15, 0.2) is 76.7 Å². The molecule has 0 saturated heterocycles. The molecule has 0 aliphatic heterocycles. The molecule has 2 aromatic carbocycles. The number of amides is 1. The summed E-state index contributed by atoms with van der Waals surface area (Å²) in [5, 5.41) is 15.5. The fourth-order valence-electron chi connectivity index (χ4n) is 4.14. The van der Waals surface area contributed by atoms with Crippen LogP contribution in [0.2, 0.25) is 0 Å². The number of hydrogen-bond donors (Lipinski definition) is 2. The predicted molar refractivity (Wildman–Crippen MR) is 144 cm³/mol. The summed E-state index contributed by atoms with van der Waals surface area (Å²) in [4.78, 5) is 27.1. The van der Waals surface area contributed by atoms with E-state index in [0.717, 1.165) is 12.1 Å². The number of rotatable bonds is 7. The molecule has 1 atom stereocenters. The molecule has 2 heterocycles. The summed E-state index contributed by atoms with van der Waals surface area (Å²) in [6.45, 7) is 1.57. The summed E-state index contributed by atoms with van der Waals surface area (Å²) in [5.74, 6) is 3.24. The minimum atomic E-state index is -4.62. The summed E-state index contributed by atoms with van der Waals surface area (Å²) >= 11 is 0. The Morgan fingerprint density at radius 2 is 1.88 bits per heavy atom. The Kier molecular flexibility index (Phi) is 7.57. The maximum Gasteiger partial charge on any atom is 0.416 e. The molecule has 4 rings (SSSR count). The average Bonchev–Trinajstić information content (AvgIpc) is 3.33. The molecule has 40 heavy (non-hydrogen) atoms. The highest BCUT2D eigenvalue weighted by Crippen LogP contribution is 2.32. The molecule has 13 heteroatoms. The number of nitriles is 1. The first kappa shape index (κ1) is 28.2. The highest BCUT2D eigenvalue weighted by molar-refractivity contribution is 7.98. The van der Waals surface area contributed by atoms with Gasteiger partial charge in [-0.05, 0) is 48.2 Å². The number of nitrogens with one attached hydrogen (secondary N) is 2. The van der Waals surface area contributed by atoms with Gasteiger partial charge in [-0.15, -0.1) is 0 Å². The first-order valence-electron chi connectivity index (χ1n) is 11.7. The first-order valence-corrected chi connectivity index (χ1v) is 13.4. The molecule has 2 aromatic heterocycles. The van der Waals surface area contributed by atoms with Crippen molar-refractivity contribution < 1.29 is 22.2 Å². The third kappa shape index (κ3) is 5.62. The Labute approximate surface area is 227 Å². The van der Waals surface area contributed by atoms with Gasteiger partial charge in [0.2, 0.25) is 5.43 Å². The molecule has 206 valence electrons. The highest BCUT2D eigenvalue weighted by Gasteiger charge is 2.31. The van der Waals surface area contributed by atoms with Crippen molar-refractivity contribution in [2.24, 2.45) is 7.05 Å². The SMILES string of the molecule is C=S(=O)(NC#N)c1ccc(CNC(=O)c2cn(-c3ccnn3C)c(C)c(-c3cccc(C(F)(F)F)c3)c2=O)cc1. The minimum absolute atomic E-state index is 0.0129. The van der Waals surface area contributed by atoms with Crippen LogP contribution in [0, 0.1) is 18.4 Å². The number of halogens is 3. The van der Waals surface area contributed by atoms with Crippen LogP contribution in [0.25, 0.3) is 16.9 Å². The van der Waals surface area contributed by atoms with Gasteiger partial charge in [-0.25, -0.2) is 8.93 Å². The lowest BCUT2D eigenvalue weighted by Gasteiger charge is -2.18. The first-order chi connectivity index (χ1) is 18.8. The van der Waals surface area contributed by atoms with Gasteiger partial charge < -0.3 is 9.88 Å². The standard InChI is InChI=1S/C27H23F3N6O3S/c1-17-24(19-5-4-6-20(13-19)27(28,29)30)25(37)22(15-36(17)23-11-12-33-35(23)2)26(38)32-14-18-7-9-21(10-8-18)40(3,39)34-16-31/h4-13,15H,3,14H2,1-2H3,(H,32,38)(H,34,39). The maximum atomic E-state index is 13.6. The van der Waals surface area contributed by atoms with Crippen molar-refractivity contribution >= 4 is 21.5 Å². The molecule has 1 amide bonds. The van der Waals surface area contributed by atoms with E-state index in [0.29, 0.717) is 17.1 Å². The molecule has 4 aromatic rings. The number of carbonyl (C=O) groups is 1. The Bertz CT molecular complexity index is 1800. The third-order valence-electron chi connectivity index (χ3n) is 6.19. The number of nitrogens with zero attached hydrogens (tertiary/aromatic N) is 4. The van der Waals surface area contributed by atoms with Crippen molar-refractivity contribution in [3.8, 4) is 23.1 Å². The smallest absolute Gasteiger partial charge is 0.348 e. The van der Waals surface area contributed by atoms with E-state index in [4.69, 9.17) is 5.26 Å². The second-order valence-corrected chi connectivity index (χ2v) is 10.8. The Morgan fingerprint density at radius 1 is 1.18 bits per heavy atom. The monoisotopic (exact) mass is 568 g/mol. The third-order valence-corrected chi connectivity index (χ3v) is 7.64. The van der Waals surface area contributed by atoms with Crippen molar-refractivity contribution in [1.29, 1.82) is 5.26 Å². The van der Waals surface area contributed by atoms with Crippen LogP contribution in [0.4, 0.5) is 13.2 Å². The van der Waals surface area contributed by atoms with Crippen LogP contribution in [-0.2, 0) is 29.5 Å². The number of aromatic nitrogens is 3.